The van der Waals surface area contributed by atoms with E-state index in [0.717, 1.165) is 6.42 Å². The summed E-state index contributed by atoms with van der Waals surface area (Å²) < 4.78 is 14.3. The molecule has 2 aromatic rings. The zero-order valence-corrected chi connectivity index (χ0v) is 16.2. The maximum absolute atomic E-state index is 14.3. The molecule has 0 aromatic heterocycles. The van der Waals surface area contributed by atoms with E-state index in [2.05, 4.69) is 10.2 Å². The smallest absolute Gasteiger partial charge is 0.234 e. The third kappa shape index (κ3) is 5.39. The molecule has 3 rings (SSSR count). The average molecular weight is 383 g/mol. The van der Waals surface area contributed by atoms with Gasteiger partial charge in [-0.2, -0.15) is 0 Å². The zero-order chi connectivity index (χ0) is 19.9. The molecule has 1 aliphatic heterocycles. The van der Waals surface area contributed by atoms with Crippen molar-refractivity contribution < 1.29 is 14.0 Å². The lowest BCUT2D eigenvalue weighted by Crippen LogP contribution is -2.49. The van der Waals surface area contributed by atoms with Crippen LogP contribution in [0.15, 0.2) is 48.5 Å². The fraction of sp³-hybridized carbons (Fsp3) is 0.364. The monoisotopic (exact) mass is 383 g/mol. The van der Waals surface area contributed by atoms with Gasteiger partial charge in [0.15, 0.2) is 5.78 Å². The minimum Gasteiger partial charge on any atom is -0.367 e. The summed E-state index contributed by atoms with van der Waals surface area (Å²) in [6, 6.07) is 14.7. The minimum absolute atomic E-state index is 0.0152. The molecule has 2 aromatic carbocycles. The number of nitrogens with one attached hydrogen (secondary N) is 1. The minimum atomic E-state index is -0.375. The number of benzene rings is 2. The molecule has 0 unspecified atom stereocenters. The molecule has 0 radical (unpaired) electrons. The van der Waals surface area contributed by atoms with E-state index in [4.69, 9.17) is 0 Å². The number of halogens is 1. The van der Waals surface area contributed by atoms with E-state index in [1.165, 1.54) is 18.6 Å². The highest BCUT2D eigenvalue weighted by atomic mass is 19.1. The number of carbonyl (C=O) groups is 2. The Balaban J connectivity index is 1.42. The second-order valence-corrected chi connectivity index (χ2v) is 7.07. The van der Waals surface area contributed by atoms with E-state index in [1.807, 2.05) is 35.2 Å². The number of rotatable bonds is 7. The van der Waals surface area contributed by atoms with Crippen molar-refractivity contribution in [3.8, 4) is 0 Å². The quantitative estimate of drug-likeness (QED) is 0.747. The van der Waals surface area contributed by atoms with Gasteiger partial charge >= 0.3 is 0 Å². The summed E-state index contributed by atoms with van der Waals surface area (Å²) in [5, 5.41) is 2.96. The molecule has 1 N–H and O–H groups in total. The largest absolute Gasteiger partial charge is 0.367 e. The van der Waals surface area contributed by atoms with Crippen molar-refractivity contribution in [3.63, 3.8) is 0 Å². The lowest BCUT2D eigenvalue weighted by atomic mass is 10.1. The maximum atomic E-state index is 14.3. The Morgan fingerprint density at radius 2 is 1.75 bits per heavy atom. The molecule has 6 heteroatoms. The van der Waals surface area contributed by atoms with Crippen molar-refractivity contribution in [2.45, 2.75) is 13.3 Å². The number of nitrogens with zero attached hydrogens (tertiary/aromatic N) is 2. The zero-order valence-electron chi connectivity index (χ0n) is 16.2. The second-order valence-electron chi connectivity index (χ2n) is 7.07. The molecule has 1 heterocycles. The number of amides is 1. The van der Waals surface area contributed by atoms with E-state index in [9.17, 15) is 14.0 Å². The number of hydrogen-bond acceptors (Lipinski definition) is 4. The molecular weight excluding hydrogens is 357 g/mol. The first-order valence-corrected chi connectivity index (χ1v) is 9.61. The molecule has 0 saturated carbocycles. The van der Waals surface area contributed by atoms with Gasteiger partial charge in [-0.3, -0.25) is 14.5 Å². The van der Waals surface area contributed by atoms with E-state index in [1.54, 1.807) is 12.1 Å². The van der Waals surface area contributed by atoms with Crippen LogP contribution in [0.1, 0.15) is 22.8 Å². The number of hydrogen-bond donors (Lipinski definition) is 1. The van der Waals surface area contributed by atoms with Crippen molar-refractivity contribution in [1.29, 1.82) is 0 Å². The number of ketones is 1. The normalized spacial score (nSPS) is 14.7. The van der Waals surface area contributed by atoms with Crippen LogP contribution in [0.2, 0.25) is 0 Å². The molecule has 0 atom stereocenters. The SMILES string of the molecule is CC(=O)c1ccc(N2CCN(CC(=O)NCCc3ccccc3)CC2)c(F)c1. The summed E-state index contributed by atoms with van der Waals surface area (Å²) in [6.07, 6.45) is 0.815. The number of Topliss-reactive ketones (excluding diaryl/α,β-unsaturated/α-hetero) is 1. The predicted octanol–water partition coefficient (Wildman–Crippen LogP) is 2.51. The Hall–Kier alpha value is -2.73. The molecule has 148 valence electrons. The van der Waals surface area contributed by atoms with E-state index >= 15 is 0 Å². The van der Waals surface area contributed by atoms with Gasteiger partial charge in [-0.15, -0.1) is 0 Å². The van der Waals surface area contributed by atoms with Crippen LogP contribution < -0.4 is 10.2 Å². The summed E-state index contributed by atoms with van der Waals surface area (Å²) in [6.45, 7) is 5.09. The highest BCUT2D eigenvalue weighted by Crippen LogP contribution is 2.22. The van der Waals surface area contributed by atoms with Gasteiger partial charge in [0.25, 0.3) is 0 Å². The van der Waals surface area contributed by atoms with E-state index < -0.39 is 0 Å². The second kappa shape index (κ2) is 9.46. The lowest BCUT2D eigenvalue weighted by Gasteiger charge is -2.35. The van der Waals surface area contributed by atoms with Gasteiger partial charge in [0, 0.05) is 38.3 Å². The van der Waals surface area contributed by atoms with E-state index in [0.29, 0.717) is 50.5 Å². The first-order chi connectivity index (χ1) is 13.5. The molecule has 0 spiro atoms. The molecule has 1 aliphatic rings. The van der Waals surface area contributed by atoms with Gasteiger partial charge in [0.2, 0.25) is 5.91 Å². The Kier molecular flexibility index (Phi) is 6.76. The van der Waals surface area contributed by atoms with Crippen LogP contribution >= 0.6 is 0 Å². The first-order valence-electron chi connectivity index (χ1n) is 9.61. The summed E-state index contributed by atoms with van der Waals surface area (Å²) in [7, 11) is 0. The summed E-state index contributed by atoms with van der Waals surface area (Å²) in [5.74, 6) is -0.505. The topological polar surface area (TPSA) is 52.7 Å². The molecule has 5 nitrogen and oxygen atoms in total. The highest BCUT2D eigenvalue weighted by molar-refractivity contribution is 5.94. The molecule has 1 amide bonds. The van der Waals surface area contributed by atoms with Crippen LogP contribution in [0.3, 0.4) is 0 Å². The Bertz CT molecular complexity index is 818. The van der Waals surface area contributed by atoms with Crippen LogP contribution in [0.25, 0.3) is 0 Å². The summed E-state index contributed by atoms with van der Waals surface area (Å²) >= 11 is 0. The van der Waals surface area contributed by atoms with E-state index in [-0.39, 0.29) is 17.5 Å². The average Bonchev–Trinajstić information content (AvgIpc) is 2.69. The van der Waals surface area contributed by atoms with Gasteiger partial charge in [0.1, 0.15) is 5.82 Å². The molecular formula is C22H26FN3O2. The number of anilines is 1. The van der Waals surface area contributed by atoms with Crippen LogP contribution in [0, 0.1) is 5.82 Å². The van der Waals surface area contributed by atoms with Crippen LogP contribution in [0.5, 0.6) is 0 Å². The fourth-order valence-electron chi connectivity index (χ4n) is 3.38. The van der Waals surface area contributed by atoms with Crippen LogP contribution in [-0.2, 0) is 11.2 Å². The Morgan fingerprint density at radius 3 is 2.39 bits per heavy atom. The molecule has 28 heavy (non-hydrogen) atoms. The van der Waals surface area contributed by atoms with Crippen molar-refractivity contribution in [2.75, 3.05) is 44.2 Å². The summed E-state index contributed by atoms with van der Waals surface area (Å²) in [5.41, 5.74) is 2.10. The third-order valence-corrected chi connectivity index (χ3v) is 5.01. The molecule has 1 fully saturated rings. The third-order valence-electron chi connectivity index (χ3n) is 5.01. The van der Waals surface area contributed by atoms with Gasteiger partial charge in [-0.1, -0.05) is 30.3 Å². The van der Waals surface area contributed by atoms with Gasteiger partial charge < -0.3 is 10.2 Å². The summed E-state index contributed by atoms with van der Waals surface area (Å²) in [4.78, 5) is 27.6. The van der Waals surface area contributed by atoms with Gasteiger partial charge in [-0.05, 0) is 37.1 Å². The standard InChI is InChI=1S/C22H26FN3O2/c1-17(27)19-7-8-21(20(23)15-19)26-13-11-25(12-14-26)16-22(28)24-10-9-18-5-3-2-4-6-18/h2-8,15H,9-14,16H2,1H3,(H,24,28). The Morgan fingerprint density at radius 1 is 1.04 bits per heavy atom. The van der Waals surface area contributed by atoms with Crippen molar-refractivity contribution in [3.05, 3.63) is 65.5 Å². The van der Waals surface area contributed by atoms with Crippen LogP contribution in [0.4, 0.5) is 10.1 Å². The predicted molar refractivity (Wildman–Crippen MR) is 108 cm³/mol. The molecule has 1 saturated heterocycles. The van der Waals surface area contributed by atoms with Crippen LogP contribution in [-0.4, -0.2) is 55.9 Å². The van der Waals surface area contributed by atoms with Crippen molar-refractivity contribution >= 4 is 17.4 Å². The molecule has 0 bridgehead atoms. The Labute approximate surface area is 165 Å². The lowest BCUT2D eigenvalue weighted by molar-refractivity contribution is -0.122. The number of piperazine rings is 1. The van der Waals surface area contributed by atoms with Gasteiger partial charge in [-0.25, -0.2) is 4.39 Å². The van der Waals surface area contributed by atoms with Crippen molar-refractivity contribution in [2.24, 2.45) is 0 Å². The van der Waals surface area contributed by atoms with Crippen molar-refractivity contribution in [1.82, 2.24) is 10.2 Å². The highest BCUT2D eigenvalue weighted by Gasteiger charge is 2.21. The maximum Gasteiger partial charge on any atom is 0.234 e. The first kappa shape index (κ1) is 20.0. The van der Waals surface area contributed by atoms with Gasteiger partial charge in [0.05, 0.1) is 12.2 Å². The molecule has 0 aliphatic carbocycles. The fourth-order valence-corrected chi connectivity index (χ4v) is 3.38. The number of carbonyl (C=O) groups excluding carboxylic acids is 2.